The minimum Gasteiger partial charge on any atom is -0.392 e. The van der Waals surface area contributed by atoms with Gasteiger partial charge in [0, 0.05) is 49.7 Å². The molecule has 39 heavy (non-hydrogen) atoms. The van der Waals surface area contributed by atoms with Crippen molar-refractivity contribution in [1.29, 1.82) is 0 Å². The molecule has 0 atom stereocenters. The van der Waals surface area contributed by atoms with Crippen LogP contribution in [0.4, 0.5) is 11.6 Å². The molecule has 0 spiro atoms. The van der Waals surface area contributed by atoms with Crippen molar-refractivity contribution < 1.29 is 20.4 Å². The largest absolute Gasteiger partial charge is 0.392 e. The Kier molecular flexibility index (Phi) is 8.48. The quantitative estimate of drug-likeness (QED) is 0.276. The van der Waals surface area contributed by atoms with Crippen LogP contribution in [0.1, 0.15) is 28.7 Å². The van der Waals surface area contributed by atoms with Gasteiger partial charge in [-0.1, -0.05) is 12.1 Å². The molecule has 2 aromatic carbocycles. The van der Waals surface area contributed by atoms with Crippen molar-refractivity contribution in [1.82, 2.24) is 9.97 Å². The zero-order chi connectivity index (χ0) is 27.2. The third kappa shape index (κ3) is 5.94. The van der Waals surface area contributed by atoms with Gasteiger partial charge in [0.15, 0.2) is 0 Å². The first kappa shape index (κ1) is 26.8. The van der Waals surface area contributed by atoms with Gasteiger partial charge in [-0.15, -0.1) is 0 Å². The molecule has 0 saturated carbocycles. The highest BCUT2D eigenvalue weighted by Gasteiger charge is 2.22. The van der Waals surface area contributed by atoms with E-state index < -0.39 is 0 Å². The summed E-state index contributed by atoms with van der Waals surface area (Å²) < 4.78 is 0. The molecule has 3 heterocycles. The van der Waals surface area contributed by atoms with E-state index in [1.54, 1.807) is 12.4 Å². The molecule has 8 nitrogen and oxygen atoms in total. The van der Waals surface area contributed by atoms with Crippen LogP contribution < -0.4 is 9.80 Å². The van der Waals surface area contributed by atoms with Gasteiger partial charge in [0.25, 0.3) is 0 Å². The van der Waals surface area contributed by atoms with Crippen LogP contribution in [0.5, 0.6) is 0 Å². The number of pyridine rings is 2. The fourth-order valence-electron chi connectivity index (χ4n) is 5.29. The molecule has 0 bridgehead atoms. The minimum absolute atomic E-state index is 0.0947. The number of anilines is 2. The molecule has 0 aliphatic carbocycles. The fourth-order valence-corrected chi connectivity index (χ4v) is 5.29. The Labute approximate surface area is 228 Å². The molecule has 0 radical (unpaired) electrons. The lowest BCUT2D eigenvalue weighted by Gasteiger charge is -2.26. The zero-order valence-electron chi connectivity index (χ0n) is 21.9. The van der Waals surface area contributed by atoms with Crippen LogP contribution in [0.2, 0.25) is 0 Å². The van der Waals surface area contributed by atoms with Crippen LogP contribution >= 0.6 is 0 Å². The summed E-state index contributed by atoms with van der Waals surface area (Å²) in [5.41, 5.74) is 6.79. The van der Waals surface area contributed by atoms with E-state index in [-0.39, 0.29) is 26.4 Å². The van der Waals surface area contributed by atoms with Crippen LogP contribution in [0.25, 0.3) is 22.3 Å². The third-order valence-electron chi connectivity index (χ3n) is 7.13. The Morgan fingerprint density at radius 3 is 1.28 bits per heavy atom. The van der Waals surface area contributed by atoms with E-state index in [4.69, 9.17) is 9.97 Å². The molecule has 8 heteroatoms. The van der Waals surface area contributed by atoms with Crippen molar-refractivity contribution >= 4 is 11.6 Å². The first-order chi connectivity index (χ1) is 19.1. The second kappa shape index (κ2) is 12.4. The minimum atomic E-state index is -0.0947. The standard InChI is InChI=1S/C31H34N4O4/c36-18-22-12-23(19-37)15-26(14-22)28-4-1-6-32-30(28)34-8-3-9-35(11-10-34)31-29(5-2-7-33-31)27-16-24(20-38)13-25(17-27)21-39/h1-2,4-7,12-17,36-39H,3,8-11,18-21H2. The SMILES string of the molecule is OCc1cc(CO)cc(-c2cccnc2N2CCCN(c3ncccc3-c3cc(CO)cc(CO)c3)CC2)c1. The Bertz CT molecular complexity index is 1280. The smallest absolute Gasteiger partial charge is 0.136 e. The number of hydrogen-bond donors (Lipinski definition) is 4. The number of rotatable bonds is 8. The molecule has 4 aromatic rings. The summed E-state index contributed by atoms with van der Waals surface area (Å²) in [6.45, 7) is 2.75. The van der Waals surface area contributed by atoms with E-state index in [9.17, 15) is 20.4 Å². The summed E-state index contributed by atoms with van der Waals surface area (Å²) in [6, 6.07) is 19.3. The average Bonchev–Trinajstić information content (AvgIpc) is 3.26. The van der Waals surface area contributed by atoms with Gasteiger partial charge in [-0.05, 0) is 88.3 Å². The van der Waals surface area contributed by atoms with Gasteiger partial charge < -0.3 is 30.2 Å². The Morgan fingerprint density at radius 2 is 0.923 bits per heavy atom. The van der Waals surface area contributed by atoms with E-state index in [0.29, 0.717) is 0 Å². The highest BCUT2D eigenvalue weighted by Crippen LogP contribution is 2.34. The summed E-state index contributed by atoms with van der Waals surface area (Å²) in [5.74, 6) is 1.76. The van der Waals surface area contributed by atoms with Crippen molar-refractivity contribution in [3.8, 4) is 22.3 Å². The predicted molar refractivity (Wildman–Crippen MR) is 152 cm³/mol. The summed E-state index contributed by atoms with van der Waals surface area (Å²) in [7, 11) is 0. The highest BCUT2D eigenvalue weighted by atomic mass is 16.3. The van der Waals surface area contributed by atoms with Gasteiger partial charge in [0.2, 0.25) is 0 Å². The number of aromatic nitrogens is 2. The number of hydrogen-bond acceptors (Lipinski definition) is 8. The molecule has 4 N–H and O–H groups in total. The average molecular weight is 527 g/mol. The first-order valence-corrected chi connectivity index (χ1v) is 13.2. The number of aliphatic hydroxyl groups is 4. The summed E-state index contributed by atoms with van der Waals surface area (Å²) >= 11 is 0. The highest BCUT2D eigenvalue weighted by molar-refractivity contribution is 5.78. The molecular formula is C31H34N4O4. The lowest BCUT2D eigenvalue weighted by atomic mass is 10.00. The number of aliphatic hydroxyl groups excluding tert-OH is 4. The summed E-state index contributed by atoms with van der Waals surface area (Å²) in [4.78, 5) is 14.1. The van der Waals surface area contributed by atoms with Crippen LogP contribution in [0.15, 0.2) is 73.1 Å². The van der Waals surface area contributed by atoms with Gasteiger partial charge in [0.1, 0.15) is 11.6 Å². The molecule has 0 amide bonds. The molecule has 202 valence electrons. The first-order valence-electron chi connectivity index (χ1n) is 13.2. The maximum absolute atomic E-state index is 9.74. The van der Waals surface area contributed by atoms with Crippen molar-refractivity contribution in [2.75, 3.05) is 36.0 Å². The second-order valence-corrected chi connectivity index (χ2v) is 9.79. The predicted octanol–water partition coefficient (Wildman–Crippen LogP) is 3.50. The van der Waals surface area contributed by atoms with Crippen LogP contribution in [0, 0.1) is 0 Å². The molecular weight excluding hydrogens is 492 g/mol. The third-order valence-corrected chi connectivity index (χ3v) is 7.13. The van der Waals surface area contributed by atoms with Crippen molar-refractivity contribution in [2.24, 2.45) is 0 Å². The number of benzene rings is 2. The van der Waals surface area contributed by atoms with Crippen LogP contribution in [-0.4, -0.2) is 56.6 Å². The molecule has 5 rings (SSSR count). The maximum atomic E-state index is 9.74. The Hall–Kier alpha value is -3.82. The van der Waals surface area contributed by atoms with E-state index in [2.05, 4.69) is 9.80 Å². The summed E-state index contributed by atoms with van der Waals surface area (Å²) in [5, 5.41) is 39.0. The topological polar surface area (TPSA) is 113 Å². The molecule has 1 saturated heterocycles. The monoisotopic (exact) mass is 526 g/mol. The van der Waals surface area contributed by atoms with Gasteiger partial charge in [-0.25, -0.2) is 9.97 Å². The van der Waals surface area contributed by atoms with Crippen LogP contribution in [-0.2, 0) is 26.4 Å². The fraction of sp³-hybridized carbons (Fsp3) is 0.290. The van der Waals surface area contributed by atoms with E-state index in [0.717, 1.165) is 88.7 Å². The lowest BCUT2D eigenvalue weighted by Crippen LogP contribution is -2.32. The van der Waals surface area contributed by atoms with Gasteiger partial charge in [-0.3, -0.25) is 0 Å². The van der Waals surface area contributed by atoms with Crippen molar-refractivity contribution in [2.45, 2.75) is 32.8 Å². The van der Waals surface area contributed by atoms with Gasteiger partial charge in [0.05, 0.1) is 26.4 Å². The zero-order valence-corrected chi connectivity index (χ0v) is 21.9. The Balaban J connectivity index is 1.43. The van der Waals surface area contributed by atoms with Crippen molar-refractivity contribution in [3.63, 3.8) is 0 Å². The molecule has 1 aliphatic rings. The lowest BCUT2D eigenvalue weighted by molar-refractivity contribution is 0.275. The van der Waals surface area contributed by atoms with E-state index in [1.165, 1.54) is 0 Å². The van der Waals surface area contributed by atoms with Crippen LogP contribution in [0.3, 0.4) is 0 Å². The molecule has 1 aliphatic heterocycles. The Morgan fingerprint density at radius 1 is 0.538 bits per heavy atom. The van der Waals surface area contributed by atoms with E-state index in [1.807, 2.05) is 60.7 Å². The van der Waals surface area contributed by atoms with E-state index >= 15 is 0 Å². The van der Waals surface area contributed by atoms with Crippen molar-refractivity contribution in [3.05, 3.63) is 95.3 Å². The van der Waals surface area contributed by atoms with Gasteiger partial charge >= 0.3 is 0 Å². The molecule has 0 unspecified atom stereocenters. The molecule has 1 fully saturated rings. The maximum Gasteiger partial charge on any atom is 0.136 e. The normalized spacial score (nSPS) is 13.9. The second-order valence-electron chi connectivity index (χ2n) is 9.79. The number of nitrogens with zero attached hydrogens (tertiary/aromatic N) is 4. The molecule has 2 aromatic heterocycles. The van der Waals surface area contributed by atoms with Gasteiger partial charge in [-0.2, -0.15) is 0 Å². The summed E-state index contributed by atoms with van der Waals surface area (Å²) in [6.07, 6.45) is 4.51.